The van der Waals surface area contributed by atoms with Gasteiger partial charge in [-0.1, -0.05) is 18.5 Å². The van der Waals surface area contributed by atoms with Crippen LogP contribution in [0.25, 0.3) is 0 Å². The van der Waals surface area contributed by atoms with E-state index in [4.69, 9.17) is 16.3 Å². The Labute approximate surface area is 166 Å². The fourth-order valence-corrected chi connectivity index (χ4v) is 4.50. The number of anilines is 1. The number of likely N-dealkylation sites (tertiary alicyclic amines) is 1. The molecule has 2 fully saturated rings. The summed E-state index contributed by atoms with van der Waals surface area (Å²) in [5.74, 6) is 0.126. The molecule has 2 aliphatic heterocycles. The average molecular weight is 396 g/mol. The standard InChI is InChI=1S/C19H30ClN5O2/c1-5-14-12-24(18-17(20)22-16(10-21-18)19(26)27-4)13(2)11-25(14)15-6-8-23(3)9-7-15/h10,13-15H,5-9,11-12H2,1-4H3/t13-,14+/m1/s1. The molecule has 2 saturated heterocycles. The third-order valence-electron chi connectivity index (χ3n) is 5.89. The van der Waals surface area contributed by atoms with Crippen molar-refractivity contribution in [2.45, 2.75) is 51.2 Å². The van der Waals surface area contributed by atoms with Gasteiger partial charge in [-0.15, -0.1) is 0 Å². The van der Waals surface area contributed by atoms with Crippen molar-refractivity contribution in [3.05, 3.63) is 17.0 Å². The van der Waals surface area contributed by atoms with E-state index in [1.807, 2.05) is 0 Å². The zero-order valence-electron chi connectivity index (χ0n) is 16.7. The summed E-state index contributed by atoms with van der Waals surface area (Å²) in [7, 11) is 3.52. The Hall–Kier alpha value is -1.44. The van der Waals surface area contributed by atoms with Gasteiger partial charge < -0.3 is 14.5 Å². The molecule has 0 saturated carbocycles. The number of hydrogen-bond acceptors (Lipinski definition) is 7. The Morgan fingerprint density at radius 1 is 1.33 bits per heavy atom. The average Bonchev–Trinajstić information content (AvgIpc) is 2.68. The molecule has 7 nitrogen and oxygen atoms in total. The lowest BCUT2D eigenvalue weighted by molar-refractivity contribution is 0.0581. The van der Waals surface area contributed by atoms with Crippen LogP contribution in [0.5, 0.6) is 0 Å². The van der Waals surface area contributed by atoms with Gasteiger partial charge in [-0.05, 0) is 46.3 Å². The highest BCUT2D eigenvalue weighted by Gasteiger charge is 2.37. The van der Waals surface area contributed by atoms with Crippen LogP contribution < -0.4 is 4.90 Å². The molecule has 150 valence electrons. The number of nitrogens with zero attached hydrogens (tertiary/aromatic N) is 5. The van der Waals surface area contributed by atoms with Crippen molar-refractivity contribution in [3.63, 3.8) is 0 Å². The van der Waals surface area contributed by atoms with Crippen LogP contribution in [-0.2, 0) is 4.74 Å². The van der Waals surface area contributed by atoms with Crippen molar-refractivity contribution in [3.8, 4) is 0 Å². The Morgan fingerprint density at radius 3 is 2.63 bits per heavy atom. The van der Waals surface area contributed by atoms with Crippen molar-refractivity contribution in [2.75, 3.05) is 45.2 Å². The third kappa shape index (κ3) is 4.36. The highest BCUT2D eigenvalue weighted by molar-refractivity contribution is 6.31. The highest BCUT2D eigenvalue weighted by Crippen LogP contribution is 2.30. The molecule has 0 N–H and O–H groups in total. The summed E-state index contributed by atoms with van der Waals surface area (Å²) >= 11 is 6.38. The van der Waals surface area contributed by atoms with Crippen molar-refractivity contribution in [1.29, 1.82) is 0 Å². The molecule has 3 heterocycles. The Morgan fingerprint density at radius 2 is 2.04 bits per heavy atom. The van der Waals surface area contributed by atoms with Crippen LogP contribution in [0.3, 0.4) is 0 Å². The molecule has 2 atom stereocenters. The lowest BCUT2D eigenvalue weighted by Gasteiger charge is -2.50. The van der Waals surface area contributed by atoms with Gasteiger partial charge in [0.25, 0.3) is 0 Å². The summed E-state index contributed by atoms with van der Waals surface area (Å²) in [6, 6.07) is 1.40. The summed E-state index contributed by atoms with van der Waals surface area (Å²) < 4.78 is 4.70. The minimum absolute atomic E-state index is 0.135. The van der Waals surface area contributed by atoms with E-state index < -0.39 is 5.97 Å². The molecule has 0 aliphatic carbocycles. The first-order valence-electron chi connectivity index (χ1n) is 9.76. The van der Waals surface area contributed by atoms with E-state index >= 15 is 0 Å². The molecule has 0 spiro atoms. The first-order chi connectivity index (χ1) is 12.9. The molecule has 0 radical (unpaired) electrons. The SMILES string of the molecule is CC[C@H]1CN(c2ncc(C(=O)OC)nc2Cl)[C@H](C)CN1C1CCN(C)CC1. The molecular formula is C19H30ClN5O2. The van der Waals surface area contributed by atoms with E-state index in [0.29, 0.717) is 17.9 Å². The number of ether oxygens (including phenoxy) is 1. The van der Waals surface area contributed by atoms with Gasteiger partial charge in [0.15, 0.2) is 16.7 Å². The van der Waals surface area contributed by atoms with Gasteiger partial charge in [-0.3, -0.25) is 4.90 Å². The van der Waals surface area contributed by atoms with E-state index in [1.165, 1.54) is 39.2 Å². The van der Waals surface area contributed by atoms with E-state index in [2.05, 4.69) is 45.6 Å². The number of hydrogen-bond donors (Lipinski definition) is 0. The third-order valence-corrected chi connectivity index (χ3v) is 6.14. The van der Waals surface area contributed by atoms with Gasteiger partial charge in [0.2, 0.25) is 0 Å². The first kappa shape index (κ1) is 20.3. The van der Waals surface area contributed by atoms with Crippen LogP contribution in [0, 0.1) is 0 Å². The number of methoxy groups -OCH3 is 1. The first-order valence-corrected chi connectivity index (χ1v) is 10.1. The maximum atomic E-state index is 11.7. The molecule has 8 heteroatoms. The predicted molar refractivity (Wildman–Crippen MR) is 106 cm³/mol. The number of carbonyl (C=O) groups excluding carboxylic acids is 1. The molecule has 3 rings (SSSR count). The highest BCUT2D eigenvalue weighted by atomic mass is 35.5. The van der Waals surface area contributed by atoms with E-state index in [0.717, 1.165) is 19.5 Å². The number of piperidine rings is 1. The van der Waals surface area contributed by atoms with E-state index in [9.17, 15) is 4.79 Å². The largest absolute Gasteiger partial charge is 0.464 e. The number of halogens is 1. The molecular weight excluding hydrogens is 366 g/mol. The summed E-state index contributed by atoms with van der Waals surface area (Å²) in [5.41, 5.74) is 0.135. The second kappa shape index (κ2) is 8.71. The number of esters is 1. The smallest absolute Gasteiger partial charge is 0.358 e. The Kier molecular flexibility index (Phi) is 6.55. The lowest BCUT2D eigenvalue weighted by atomic mass is 9.96. The summed E-state index contributed by atoms with van der Waals surface area (Å²) in [4.78, 5) is 27.6. The predicted octanol–water partition coefficient (Wildman–Crippen LogP) is 2.30. The normalized spacial score (nSPS) is 25.6. The number of aromatic nitrogens is 2. The maximum absolute atomic E-state index is 11.7. The number of carbonyl (C=O) groups is 1. The van der Waals surface area contributed by atoms with Crippen molar-refractivity contribution in [2.24, 2.45) is 0 Å². The number of rotatable bonds is 4. The molecule has 2 aliphatic rings. The lowest BCUT2D eigenvalue weighted by Crippen LogP contribution is -2.61. The molecule has 0 amide bonds. The van der Waals surface area contributed by atoms with Gasteiger partial charge in [0.05, 0.1) is 13.3 Å². The van der Waals surface area contributed by atoms with Gasteiger partial charge in [-0.2, -0.15) is 0 Å². The molecule has 27 heavy (non-hydrogen) atoms. The topological polar surface area (TPSA) is 61.8 Å². The molecule has 1 aromatic rings. The van der Waals surface area contributed by atoms with Crippen LogP contribution in [0.15, 0.2) is 6.20 Å². The van der Waals surface area contributed by atoms with Gasteiger partial charge >= 0.3 is 5.97 Å². The molecule has 0 aromatic carbocycles. The van der Waals surface area contributed by atoms with Gasteiger partial charge in [-0.25, -0.2) is 14.8 Å². The van der Waals surface area contributed by atoms with Gasteiger partial charge in [0.1, 0.15) is 0 Å². The minimum Gasteiger partial charge on any atom is -0.464 e. The van der Waals surface area contributed by atoms with Crippen LogP contribution in [0.2, 0.25) is 5.15 Å². The maximum Gasteiger partial charge on any atom is 0.358 e. The molecule has 0 unspecified atom stereocenters. The van der Waals surface area contributed by atoms with Crippen LogP contribution >= 0.6 is 11.6 Å². The van der Waals surface area contributed by atoms with Crippen LogP contribution in [-0.4, -0.2) is 84.2 Å². The van der Waals surface area contributed by atoms with E-state index in [1.54, 1.807) is 0 Å². The van der Waals surface area contributed by atoms with Gasteiger partial charge in [0, 0.05) is 31.2 Å². The quantitative estimate of drug-likeness (QED) is 0.725. The zero-order valence-corrected chi connectivity index (χ0v) is 17.4. The summed E-state index contributed by atoms with van der Waals surface area (Å²) in [6.07, 6.45) is 4.99. The van der Waals surface area contributed by atoms with Crippen LogP contribution in [0.4, 0.5) is 5.82 Å². The van der Waals surface area contributed by atoms with E-state index in [-0.39, 0.29) is 16.9 Å². The minimum atomic E-state index is -0.525. The number of piperazine rings is 1. The second-order valence-corrected chi connectivity index (χ2v) is 8.01. The second-order valence-electron chi connectivity index (χ2n) is 7.66. The summed E-state index contributed by atoms with van der Waals surface area (Å²) in [6.45, 7) is 8.65. The van der Waals surface area contributed by atoms with Crippen molar-refractivity contribution < 1.29 is 9.53 Å². The molecule has 1 aromatic heterocycles. The molecule has 0 bridgehead atoms. The zero-order chi connectivity index (χ0) is 19.6. The Balaban J connectivity index is 1.76. The summed E-state index contributed by atoms with van der Waals surface area (Å²) in [5, 5.41) is 0.257. The monoisotopic (exact) mass is 395 g/mol. The van der Waals surface area contributed by atoms with Crippen molar-refractivity contribution >= 4 is 23.4 Å². The fourth-order valence-electron chi connectivity index (χ4n) is 4.25. The Bertz CT molecular complexity index is 666. The van der Waals surface area contributed by atoms with Crippen LogP contribution in [0.1, 0.15) is 43.6 Å². The fraction of sp³-hybridized carbons (Fsp3) is 0.737. The van der Waals surface area contributed by atoms with Crippen molar-refractivity contribution in [1.82, 2.24) is 19.8 Å².